The molecule has 124 valence electrons. The van der Waals surface area contributed by atoms with Gasteiger partial charge in [-0.15, -0.1) is 0 Å². The lowest BCUT2D eigenvalue weighted by atomic mass is 10.0. The highest BCUT2D eigenvalue weighted by atomic mass is 16.5. The first kappa shape index (κ1) is 17.4. The van der Waals surface area contributed by atoms with Crippen molar-refractivity contribution in [2.75, 3.05) is 24.6 Å². The first-order valence-electron chi connectivity index (χ1n) is 8.82. The maximum Gasteiger partial charge on any atom is 0.119 e. The summed E-state index contributed by atoms with van der Waals surface area (Å²) in [6.45, 7) is 9.48. The fourth-order valence-corrected chi connectivity index (χ4v) is 2.73. The molecule has 2 nitrogen and oxygen atoms in total. The molecule has 0 bridgehead atoms. The fraction of sp³-hybridized carbons (Fsp3) is 0.429. The molecular weight excluding hydrogens is 282 g/mol. The second-order valence-electron chi connectivity index (χ2n) is 5.86. The Morgan fingerprint density at radius 2 is 1.61 bits per heavy atom. The molecular formula is C21H29NO. The van der Waals surface area contributed by atoms with Gasteiger partial charge in [0.1, 0.15) is 5.75 Å². The summed E-state index contributed by atoms with van der Waals surface area (Å²) in [5.41, 5.74) is 3.94. The zero-order valence-corrected chi connectivity index (χ0v) is 14.7. The quantitative estimate of drug-likeness (QED) is 0.582. The normalized spacial score (nSPS) is 10.6. The van der Waals surface area contributed by atoms with Crippen LogP contribution in [0.2, 0.25) is 0 Å². The summed E-state index contributed by atoms with van der Waals surface area (Å²) in [5.74, 6) is 0.982. The van der Waals surface area contributed by atoms with Gasteiger partial charge in [0.25, 0.3) is 0 Å². The standard InChI is InChI=1S/C21H29NO/c1-4-7-15-23-21-10-8-9-19(17-21)16-18-11-13-20(14-12-18)22(5-2)6-3/h8-14,17H,4-7,15-16H2,1-3H3. The Morgan fingerprint density at radius 3 is 2.26 bits per heavy atom. The SMILES string of the molecule is CCCCOc1cccc(Cc2ccc(N(CC)CC)cc2)c1. The van der Waals surface area contributed by atoms with Crippen molar-refractivity contribution in [1.82, 2.24) is 0 Å². The summed E-state index contributed by atoms with van der Waals surface area (Å²) in [6.07, 6.45) is 3.22. The number of anilines is 1. The Balaban J connectivity index is 2.00. The molecule has 2 rings (SSSR count). The molecule has 0 aliphatic rings. The highest BCUT2D eigenvalue weighted by Gasteiger charge is 2.03. The van der Waals surface area contributed by atoms with Crippen LogP contribution in [0.5, 0.6) is 5.75 Å². The Hall–Kier alpha value is -1.96. The van der Waals surface area contributed by atoms with Crippen molar-refractivity contribution in [3.05, 3.63) is 59.7 Å². The first-order chi connectivity index (χ1) is 11.3. The minimum Gasteiger partial charge on any atom is -0.494 e. The van der Waals surface area contributed by atoms with Gasteiger partial charge < -0.3 is 9.64 Å². The molecule has 2 heteroatoms. The third kappa shape index (κ3) is 5.31. The molecule has 0 aromatic heterocycles. The van der Waals surface area contributed by atoms with E-state index in [1.807, 2.05) is 6.07 Å². The number of unbranched alkanes of at least 4 members (excludes halogenated alkanes) is 1. The number of benzene rings is 2. The van der Waals surface area contributed by atoms with Crippen molar-refractivity contribution in [3.8, 4) is 5.75 Å². The molecule has 0 aliphatic carbocycles. The Labute approximate surface area is 141 Å². The lowest BCUT2D eigenvalue weighted by Crippen LogP contribution is -2.21. The van der Waals surface area contributed by atoms with Gasteiger partial charge in [0.05, 0.1) is 6.61 Å². The third-order valence-corrected chi connectivity index (χ3v) is 4.14. The predicted molar refractivity (Wildman–Crippen MR) is 99.7 cm³/mol. The molecule has 0 saturated carbocycles. The van der Waals surface area contributed by atoms with Crippen LogP contribution in [-0.2, 0) is 6.42 Å². The van der Waals surface area contributed by atoms with E-state index in [2.05, 4.69) is 68.1 Å². The Bertz CT molecular complexity index is 573. The average Bonchev–Trinajstić information content (AvgIpc) is 2.58. The van der Waals surface area contributed by atoms with E-state index in [-0.39, 0.29) is 0 Å². The number of ether oxygens (including phenoxy) is 1. The lowest BCUT2D eigenvalue weighted by molar-refractivity contribution is 0.309. The molecule has 0 saturated heterocycles. The van der Waals surface area contributed by atoms with Gasteiger partial charge >= 0.3 is 0 Å². The van der Waals surface area contributed by atoms with Gasteiger partial charge in [-0.1, -0.05) is 37.6 Å². The van der Waals surface area contributed by atoms with E-state index in [4.69, 9.17) is 4.74 Å². The number of hydrogen-bond acceptors (Lipinski definition) is 2. The van der Waals surface area contributed by atoms with Crippen molar-refractivity contribution >= 4 is 5.69 Å². The summed E-state index contributed by atoms with van der Waals surface area (Å²) >= 11 is 0. The van der Waals surface area contributed by atoms with Crippen LogP contribution in [0.4, 0.5) is 5.69 Å². The smallest absolute Gasteiger partial charge is 0.119 e. The molecule has 0 aliphatic heterocycles. The summed E-state index contributed by atoms with van der Waals surface area (Å²) < 4.78 is 5.80. The van der Waals surface area contributed by atoms with Crippen LogP contribution in [0, 0.1) is 0 Å². The average molecular weight is 311 g/mol. The number of hydrogen-bond donors (Lipinski definition) is 0. The number of nitrogens with zero attached hydrogens (tertiary/aromatic N) is 1. The largest absolute Gasteiger partial charge is 0.494 e. The topological polar surface area (TPSA) is 12.5 Å². The summed E-state index contributed by atoms with van der Waals surface area (Å²) in [4.78, 5) is 2.37. The van der Waals surface area contributed by atoms with Crippen LogP contribution in [0.3, 0.4) is 0 Å². The number of rotatable bonds is 9. The van der Waals surface area contributed by atoms with Crippen LogP contribution in [-0.4, -0.2) is 19.7 Å². The summed E-state index contributed by atoms with van der Waals surface area (Å²) in [6, 6.07) is 17.4. The Kier molecular flexibility index (Phi) is 6.99. The monoisotopic (exact) mass is 311 g/mol. The summed E-state index contributed by atoms with van der Waals surface area (Å²) in [5, 5.41) is 0. The second kappa shape index (κ2) is 9.24. The minimum atomic E-state index is 0.804. The first-order valence-corrected chi connectivity index (χ1v) is 8.82. The second-order valence-corrected chi connectivity index (χ2v) is 5.86. The molecule has 23 heavy (non-hydrogen) atoms. The van der Waals surface area contributed by atoms with Gasteiger partial charge in [-0.2, -0.15) is 0 Å². The molecule has 0 unspecified atom stereocenters. The van der Waals surface area contributed by atoms with E-state index >= 15 is 0 Å². The van der Waals surface area contributed by atoms with Crippen molar-refractivity contribution in [1.29, 1.82) is 0 Å². The lowest BCUT2D eigenvalue weighted by Gasteiger charge is -2.21. The van der Waals surface area contributed by atoms with Crippen LogP contribution < -0.4 is 9.64 Å². The van der Waals surface area contributed by atoms with Crippen molar-refractivity contribution < 1.29 is 4.74 Å². The highest BCUT2D eigenvalue weighted by Crippen LogP contribution is 2.20. The maximum absolute atomic E-state index is 5.80. The Morgan fingerprint density at radius 1 is 0.870 bits per heavy atom. The van der Waals surface area contributed by atoms with E-state index in [0.717, 1.165) is 38.3 Å². The zero-order chi connectivity index (χ0) is 16.5. The van der Waals surface area contributed by atoms with E-state index in [1.54, 1.807) is 0 Å². The predicted octanol–water partition coefficient (Wildman–Crippen LogP) is 5.30. The minimum absolute atomic E-state index is 0.804. The van der Waals surface area contributed by atoms with Crippen molar-refractivity contribution in [2.24, 2.45) is 0 Å². The van der Waals surface area contributed by atoms with Crippen LogP contribution in [0.25, 0.3) is 0 Å². The van der Waals surface area contributed by atoms with E-state index in [1.165, 1.54) is 23.2 Å². The molecule has 0 amide bonds. The van der Waals surface area contributed by atoms with Gasteiger partial charge in [0.2, 0.25) is 0 Å². The van der Waals surface area contributed by atoms with Crippen molar-refractivity contribution in [2.45, 2.75) is 40.0 Å². The molecule has 2 aromatic carbocycles. The highest BCUT2D eigenvalue weighted by molar-refractivity contribution is 5.48. The summed E-state index contributed by atoms with van der Waals surface area (Å²) in [7, 11) is 0. The fourth-order valence-electron chi connectivity index (χ4n) is 2.73. The van der Waals surface area contributed by atoms with Crippen LogP contribution >= 0.6 is 0 Å². The third-order valence-electron chi connectivity index (χ3n) is 4.14. The van der Waals surface area contributed by atoms with Crippen LogP contribution in [0.15, 0.2) is 48.5 Å². The van der Waals surface area contributed by atoms with Gasteiger partial charge in [-0.25, -0.2) is 0 Å². The molecule has 0 radical (unpaired) electrons. The van der Waals surface area contributed by atoms with E-state index in [0.29, 0.717) is 0 Å². The van der Waals surface area contributed by atoms with Crippen molar-refractivity contribution in [3.63, 3.8) is 0 Å². The maximum atomic E-state index is 5.80. The molecule has 0 spiro atoms. The van der Waals surface area contributed by atoms with Gasteiger partial charge in [0.15, 0.2) is 0 Å². The van der Waals surface area contributed by atoms with Crippen LogP contribution in [0.1, 0.15) is 44.7 Å². The van der Waals surface area contributed by atoms with E-state index in [9.17, 15) is 0 Å². The molecule has 0 atom stereocenters. The van der Waals surface area contributed by atoms with Gasteiger partial charge in [0, 0.05) is 18.8 Å². The molecule has 0 fully saturated rings. The van der Waals surface area contributed by atoms with Gasteiger partial charge in [-0.3, -0.25) is 0 Å². The molecule has 0 N–H and O–H groups in total. The molecule has 2 aromatic rings. The van der Waals surface area contributed by atoms with Gasteiger partial charge in [-0.05, 0) is 62.1 Å². The molecule has 0 heterocycles. The van der Waals surface area contributed by atoms with E-state index < -0.39 is 0 Å². The zero-order valence-electron chi connectivity index (χ0n) is 14.7.